The van der Waals surface area contributed by atoms with Gasteiger partial charge in [0.2, 0.25) is 5.89 Å². The third kappa shape index (κ3) is 4.92. The maximum atomic E-state index is 12.4. The molecule has 0 spiro atoms. The zero-order valence-electron chi connectivity index (χ0n) is 15.1. The second-order valence-corrected chi connectivity index (χ2v) is 8.52. The molecule has 26 heavy (non-hydrogen) atoms. The van der Waals surface area contributed by atoms with E-state index < -0.39 is 5.60 Å². The van der Waals surface area contributed by atoms with Crippen molar-refractivity contribution in [1.29, 1.82) is 0 Å². The minimum absolute atomic E-state index is 0.224. The summed E-state index contributed by atoms with van der Waals surface area (Å²) in [7, 11) is 0. The van der Waals surface area contributed by atoms with Crippen LogP contribution in [0.2, 0.25) is 5.02 Å². The van der Waals surface area contributed by atoms with Crippen molar-refractivity contribution in [3.63, 3.8) is 0 Å². The number of benzene rings is 1. The number of ether oxygens (including phenoxy) is 1. The third-order valence-corrected chi connectivity index (χ3v) is 4.96. The molecule has 6 nitrogen and oxygen atoms in total. The lowest BCUT2D eigenvalue weighted by molar-refractivity contribution is 0.0201. The van der Waals surface area contributed by atoms with Gasteiger partial charge in [-0.05, 0) is 51.3 Å². The van der Waals surface area contributed by atoms with Crippen molar-refractivity contribution in [2.45, 2.75) is 56.2 Å². The first-order valence-electron chi connectivity index (χ1n) is 8.52. The number of amides is 1. The normalized spacial score (nSPS) is 17.5. The van der Waals surface area contributed by atoms with E-state index in [0.29, 0.717) is 28.4 Å². The van der Waals surface area contributed by atoms with Crippen LogP contribution < -0.4 is 0 Å². The van der Waals surface area contributed by atoms with Gasteiger partial charge in [0.05, 0.1) is 0 Å². The standard InChI is InChI=1S/C18H22ClN3O3S/c1-18(2,3)25-17(23)22-9-5-8-14(22)15-20-21-16(24-15)26-11-12-6-4-7-13(19)10-12/h4,6-7,10,14H,5,8-9,11H2,1-3H3/t14-/m1/s1. The summed E-state index contributed by atoms with van der Waals surface area (Å²) in [4.78, 5) is 14.1. The van der Waals surface area contributed by atoms with Gasteiger partial charge in [-0.1, -0.05) is 35.5 Å². The van der Waals surface area contributed by atoms with Crippen LogP contribution in [0.1, 0.15) is 51.1 Å². The molecule has 1 atom stereocenters. The highest BCUT2D eigenvalue weighted by Gasteiger charge is 2.36. The van der Waals surface area contributed by atoms with Crippen LogP contribution >= 0.6 is 23.4 Å². The molecule has 1 saturated heterocycles. The van der Waals surface area contributed by atoms with Gasteiger partial charge < -0.3 is 9.15 Å². The monoisotopic (exact) mass is 395 g/mol. The molecule has 1 aromatic carbocycles. The maximum Gasteiger partial charge on any atom is 0.410 e. The number of likely N-dealkylation sites (tertiary alicyclic amines) is 1. The molecule has 0 aliphatic carbocycles. The molecular formula is C18H22ClN3O3S. The Hall–Kier alpha value is -1.73. The van der Waals surface area contributed by atoms with E-state index in [-0.39, 0.29) is 12.1 Å². The summed E-state index contributed by atoms with van der Waals surface area (Å²) in [6, 6.07) is 7.43. The zero-order valence-corrected chi connectivity index (χ0v) is 16.6. The second kappa shape index (κ2) is 7.88. The number of halogens is 1. The first-order chi connectivity index (χ1) is 12.3. The van der Waals surface area contributed by atoms with Gasteiger partial charge >= 0.3 is 6.09 Å². The lowest BCUT2D eigenvalue weighted by Gasteiger charge is -2.27. The van der Waals surface area contributed by atoms with Gasteiger partial charge in [0.1, 0.15) is 11.6 Å². The van der Waals surface area contributed by atoms with E-state index in [1.54, 1.807) is 4.90 Å². The lowest BCUT2D eigenvalue weighted by Crippen LogP contribution is -2.36. The lowest BCUT2D eigenvalue weighted by atomic mass is 10.2. The first kappa shape index (κ1) is 19.0. The average Bonchev–Trinajstić information content (AvgIpc) is 3.20. The fourth-order valence-corrected chi connectivity index (χ4v) is 3.67. The third-order valence-electron chi connectivity index (χ3n) is 3.84. The number of thioether (sulfide) groups is 1. The van der Waals surface area contributed by atoms with Crippen LogP contribution in [-0.4, -0.2) is 33.3 Å². The first-order valence-corrected chi connectivity index (χ1v) is 9.88. The Morgan fingerprint density at radius 1 is 1.42 bits per heavy atom. The van der Waals surface area contributed by atoms with Crippen molar-refractivity contribution in [1.82, 2.24) is 15.1 Å². The Morgan fingerprint density at radius 2 is 2.23 bits per heavy atom. The van der Waals surface area contributed by atoms with Crippen molar-refractivity contribution in [2.24, 2.45) is 0 Å². The molecule has 0 bridgehead atoms. The van der Waals surface area contributed by atoms with E-state index in [4.69, 9.17) is 20.8 Å². The average molecular weight is 396 g/mol. The van der Waals surface area contributed by atoms with E-state index in [2.05, 4.69) is 10.2 Å². The van der Waals surface area contributed by atoms with Crippen LogP contribution in [0.3, 0.4) is 0 Å². The van der Waals surface area contributed by atoms with Gasteiger partial charge in [-0.25, -0.2) is 4.79 Å². The van der Waals surface area contributed by atoms with Crippen molar-refractivity contribution in [3.8, 4) is 0 Å². The number of aromatic nitrogens is 2. The van der Waals surface area contributed by atoms with Gasteiger partial charge in [-0.3, -0.25) is 4.90 Å². The fraction of sp³-hybridized carbons (Fsp3) is 0.500. The Morgan fingerprint density at radius 3 is 2.96 bits per heavy atom. The molecule has 0 N–H and O–H groups in total. The van der Waals surface area contributed by atoms with Crippen LogP contribution in [0.25, 0.3) is 0 Å². The minimum Gasteiger partial charge on any atom is -0.444 e. The Labute approximate surface area is 162 Å². The Kier molecular flexibility index (Phi) is 5.77. The number of hydrogen-bond acceptors (Lipinski definition) is 6. The molecule has 3 rings (SSSR count). The van der Waals surface area contributed by atoms with Crippen LogP contribution in [0, 0.1) is 0 Å². The highest BCUT2D eigenvalue weighted by atomic mass is 35.5. The summed E-state index contributed by atoms with van der Waals surface area (Å²) in [5.74, 6) is 1.14. The number of carbonyl (C=O) groups is 1. The molecule has 1 amide bonds. The summed E-state index contributed by atoms with van der Waals surface area (Å²) in [5, 5.41) is 9.43. The van der Waals surface area contributed by atoms with Crippen LogP contribution in [0.5, 0.6) is 0 Å². The smallest absolute Gasteiger partial charge is 0.410 e. The minimum atomic E-state index is -0.531. The van der Waals surface area contributed by atoms with E-state index in [9.17, 15) is 4.79 Å². The van der Waals surface area contributed by atoms with E-state index in [0.717, 1.165) is 18.4 Å². The van der Waals surface area contributed by atoms with E-state index in [1.807, 2.05) is 45.0 Å². The Bertz CT molecular complexity index is 775. The van der Waals surface area contributed by atoms with E-state index in [1.165, 1.54) is 11.8 Å². The van der Waals surface area contributed by atoms with Crippen LogP contribution in [0.4, 0.5) is 4.79 Å². The molecule has 1 aliphatic rings. The van der Waals surface area contributed by atoms with Gasteiger partial charge in [-0.15, -0.1) is 10.2 Å². The molecule has 8 heteroatoms. The quantitative estimate of drug-likeness (QED) is 0.672. The van der Waals surface area contributed by atoms with Gasteiger partial charge in [0, 0.05) is 17.3 Å². The second-order valence-electron chi connectivity index (χ2n) is 7.16. The predicted octanol–water partition coefficient (Wildman–Crippen LogP) is 5.09. The molecule has 0 unspecified atom stereocenters. The zero-order chi connectivity index (χ0) is 18.7. The predicted molar refractivity (Wildman–Crippen MR) is 100 cm³/mol. The SMILES string of the molecule is CC(C)(C)OC(=O)N1CCC[C@@H]1c1nnc(SCc2cccc(Cl)c2)o1. The molecule has 2 heterocycles. The highest BCUT2D eigenvalue weighted by molar-refractivity contribution is 7.98. The summed E-state index contributed by atoms with van der Waals surface area (Å²) in [6.45, 7) is 6.20. The number of carbonyl (C=O) groups excluding carboxylic acids is 1. The summed E-state index contributed by atoms with van der Waals surface area (Å²) >= 11 is 7.45. The van der Waals surface area contributed by atoms with Crippen LogP contribution in [0.15, 0.2) is 33.9 Å². The summed E-state index contributed by atoms with van der Waals surface area (Å²) in [6.07, 6.45) is 1.34. The summed E-state index contributed by atoms with van der Waals surface area (Å²) < 4.78 is 11.3. The molecule has 1 fully saturated rings. The largest absolute Gasteiger partial charge is 0.444 e. The number of nitrogens with zero attached hydrogens (tertiary/aromatic N) is 3. The van der Waals surface area contributed by atoms with Gasteiger partial charge in [0.15, 0.2) is 0 Å². The van der Waals surface area contributed by atoms with E-state index >= 15 is 0 Å². The molecule has 0 saturated carbocycles. The van der Waals surface area contributed by atoms with Crippen molar-refractivity contribution >= 4 is 29.5 Å². The highest BCUT2D eigenvalue weighted by Crippen LogP contribution is 2.34. The molecule has 140 valence electrons. The van der Waals surface area contributed by atoms with Crippen molar-refractivity contribution in [3.05, 3.63) is 40.7 Å². The topological polar surface area (TPSA) is 68.5 Å². The number of rotatable bonds is 4. The van der Waals surface area contributed by atoms with Crippen molar-refractivity contribution < 1.29 is 13.9 Å². The van der Waals surface area contributed by atoms with Crippen LogP contribution in [-0.2, 0) is 10.5 Å². The molecule has 2 aromatic rings. The molecular weight excluding hydrogens is 374 g/mol. The molecule has 0 radical (unpaired) electrons. The number of hydrogen-bond donors (Lipinski definition) is 0. The van der Waals surface area contributed by atoms with Gasteiger partial charge in [0.25, 0.3) is 5.22 Å². The maximum absolute atomic E-state index is 12.4. The Balaban J connectivity index is 1.63. The fourth-order valence-electron chi connectivity index (χ4n) is 2.75. The van der Waals surface area contributed by atoms with Crippen molar-refractivity contribution in [2.75, 3.05) is 6.54 Å². The summed E-state index contributed by atoms with van der Waals surface area (Å²) in [5.41, 5.74) is 0.551. The van der Waals surface area contributed by atoms with Gasteiger partial charge in [-0.2, -0.15) is 0 Å². The molecule has 1 aromatic heterocycles. The molecule has 1 aliphatic heterocycles.